The zero-order valence-electron chi connectivity index (χ0n) is 7.80. The highest BCUT2D eigenvalue weighted by atomic mass is 28.2. The molecule has 0 heterocycles. The normalized spacial score (nSPS) is 11.7. The van der Waals surface area contributed by atoms with E-state index in [0.29, 0.717) is 12.0 Å². The van der Waals surface area contributed by atoms with Gasteiger partial charge in [0.1, 0.15) is 5.82 Å². The molecule has 0 unspecified atom stereocenters. The standard InChI is InChI=1S/C10H12FOSi/c1-10(2,12-13)7-8-5-3-4-6-9(8)11/h3-6H,7H2,1-2H3. The van der Waals surface area contributed by atoms with E-state index in [-0.39, 0.29) is 11.4 Å². The minimum Gasteiger partial charge on any atom is -0.413 e. The van der Waals surface area contributed by atoms with Crippen LogP contribution in [0.15, 0.2) is 24.3 Å². The van der Waals surface area contributed by atoms with Gasteiger partial charge in [-0.05, 0) is 25.5 Å². The van der Waals surface area contributed by atoms with Crippen LogP contribution in [0.5, 0.6) is 0 Å². The molecular formula is C10H12FOSi. The summed E-state index contributed by atoms with van der Waals surface area (Å²) >= 11 is 0. The first-order valence-corrected chi connectivity index (χ1v) is 4.54. The lowest BCUT2D eigenvalue weighted by Gasteiger charge is -2.23. The van der Waals surface area contributed by atoms with Crippen molar-refractivity contribution in [1.29, 1.82) is 0 Å². The molecule has 0 aliphatic rings. The molecule has 1 aromatic rings. The van der Waals surface area contributed by atoms with Crippen LogP contribution in [0.3, 0.4) is 0 Å². The van der Waals surface area contributed by atoms with Gasteiger partial charge in [0.05, 0.1) is 5.60 Å². The maximum atomic E-state index is 13.2. The van der Waals surface area contributed by atoms with Crippen LogP contribution in [-0.2, 0) is 10.8 Å². The summed E-state index contributed by atoms with van der Waals surface area (Å²) in [7, 11) is 2.98. The molecule has 69 valence electrons. The Kier molecular flexibility index (Phi) is 3.22. The van der Waals surface area contributed by atoms with E-state index in [9.17, 15) is 4.39 Å². The summed E-state index contributed by atoms with van der Waals surface area (Å²) in [5.74, 6) is -0.181. The summed E-state index contributed by atoms with van der Waals surface area (Å²) in [6, 6.07) is 6.73. The van der Waals surface area contributed by atoms with Crippen LogP contribution >= 0.6 is 0 Å². The highest BCUT2D eigenvalue weighted by Crippen LogP contribution is 2.17. The van der Waals surface area contributed by atoms with Crippen LogP contribution in [0.2, 0.25) is 0 Å². The third-order valence-corrected chi connectivity index (χ3v) is 2.40. The molecule has 3 radical (unpaired) electrons. The highest BCUT2D eigenvalue weighted by Gasteiger charge is 2.18. The van der Waals surface area contributed by atoms with E-state index in [1.807, 2.05) is 19.9 Å². The molecule has 13 heavy (non-hydrogen) atoms. The third kappa shape index (κ3) is 2.93. The Morgan fingerprint density at radius 2 is 2.00 bits per heavy atom. The topological polar surface area (TPSA) is 9.23 Å². The molecule has 0 bridgehead atoms. The number of hydrogen-bond donors (Lipinski definition) is 0. The minimum absolute atomic E-state index is 0.181. The van der Waals surface area contributed by atoms with E-state index < -0.39 is 0 Å². The molecule has 1 nitrogen and oxygen atoms in total. The average molecular weight is 195 g/mol. The summed E-state index contributed by atoms with van der Waals surface area (Å²) in [6.45, 7) is 3.79. The molecule has 0 aromatic heterocycles. The molecule has 1 rings (SSSR count). The first kappa shape index (κ1) is 10.4. The van der Waals surface area contributed by atoms with Gasteiger partial charge in [0.15, 0.2) is 0 Å². The number of rotatable bonds is 3. The van der Waals surface area contributed by atoms with Gasteiger partial charge in [0.25, 0.3) is 0 Å². The van der Waals surface area contributed by atoms with Crippen molar-refractivity contribution < 1.29 is 8.82 Å². The summed E-state index contributed by atoms with van der Waals surface area (Å²) in [6.07, 6.45) is 0.545. The van der Waals surface area contributed by atoms with Crippen LogP contribution in [-0.4, -0.2) is 16.1 Å². The van der Waals surface area contributed by atoms with Gasteiger partial charge < -0.3 is 4.43 Å². The van der Waals surface area contributed by atoms with Crippen LogP contribution in [0.1, 0.15) is 19.4 Å². The van der Waals surface area contributed by atoms with Crippen molar-refractivity contribution in [2.45, 2.75) is 25.9 Å². The number of hydrogen-bond acceptors (Lipinski definition) is 1. The summed E-state index contributed by atoms with van der Waals surface area (Å²) in [5, 5.41) is 0. The Labute approximate surface area is 81.5 Å². The molecule has 1 aromatic carbocycles. The molecule has 0 spiro atoms. The fourth-order valence-corrected chi connectivity index (χ4v) is 1.21. The van der Waals surface area contributed by atoms with Crippen molar-refractivity contribution in [2.75, 3.05) is 0 Å². The molecule has 0 aliphatic heterocycles. The van der Waals surface area contributed by atoms with Gasteiger partial charge in [-0.15, -0.1) is 0 Å². The fraction of sp³-hybridized carbons (Fsp3) is 0.400. The van der Waals surface area contributed by atoms with E-state index in [0.717, 1.165) is 0 Å². The molecule has 3 heteroatoms. The molecule has 0 amide bonds. The first-order valence-electron chi connectivity index (χ1n) is 4.13. The summed E-state index contributed by atoms with van der Waals surface area (Å²) < 4.78 is 18.2. The SMILES string of the molecule is CC(C)(Cc1ccccc1F)O[Si]. The maximum absolute atomic E-state index is 13.2. The predicted molar refractivity (Wildman–Crippen MR) is 51.0 cm³/mol. The molecule has 0 saturated heterocycles. The Morgan fingerprint density at radius 1 is 1.38 bits per heavy atom. The predicted octanol–water partition coefficient (Wildman–Crippen LogP) is 2.25. The van der Waals surface area contributed by atoms with Gasteiger partial charge in [-0.3, -0.25) is 0 Å². The molecule has 0 atom stereocenters. The van der Waals surface area contributed by atoms with E-state index in [4.69, 9.17) is 4.43 Å². The Hall–Kier alpha value is -0.673. The highest BCUT2D eigenvalue weighted by molar-refractivity contribution is 5.98. The van der Waals surface area contributed by atoms with Crippen LogP contribution in [0.25, 0.3) is 0 Å². The monoisotopic (exact) mass is 195 g/mol. The zero-order valence-corrected chi connectivity index (χ0v) is 8.80. The van der Waals surface area contributed by atoms with Crippen molar-refractivity contribution in [2.24, 2.45) is 0 Å². The molecular weight excluding hydrogens is 183 g/mol. The van der Waals surface area contributed by atoms with E-state index in [2.05, 4.69) is 10.5 Å². The van der Waals surface area contributed by atoms with Crippen molar-refractivity contribution >= 4 is 10.5 Å². The van der Waals surface area contributed by atoms with Crippen LogP contribution < -0.4 is 0 Å². The smallest absolute Gasteiger partial charge is 0.246 e. The van der Waals surface area contributed by atoms with Gasteiger partial charge in [0, 0.05) is 6.42 Å². The quantitative estimate of drug-likeness (QED) is 0.672. The van der Waals surface area contributed by atoms with Crippen molar-refractivity contribution in [3.63, 3.8) is 0 Å². The Morgan fingerprint density at radius 3 is 2.54 bits per heavy atom. The maximum Gasteiger partial charge on any atom is 0.246 e. The number of halogens is 1. The van der Waals surface area contributed by atoms with Gasteiger partial charge in [-0.2, -0.15) is 0 Å². The van der Waals surface area contributed by atoms with Gasteiger partial charge in [-0.25, -0.2) is 4.39 Å². The lowest BCUT2D eigenvalue weighted by Crippen LogP contribution is -2.26. The average Bonchev–Trinajstić information content (AvgIpc) is 2.09. The summed E-state index contributed by atoms with van der Waals surface area (Å²) in [5.41, 5.74) is 0.282. The Balaban J connectivity index is 2.80. The van der Waals surface area contributed by atoms with Gasteiger partial charge >= 0.3 is 0 Å². The molecule has 0 N–H and O–H groups in total. The summed E-state index contributed by atoms with van der Waals surface area (Å²) in [4.78, 5) is 0. The molecule has 0 fully saturated rings. The Bertz CT molecular complexity index is 286. The van der Waals surface area contributed by atoms with Crippen LogP contribution in [0, 0.1) is 5.82 Å². The van der Waals surface area contributed by atoms with Crippen LogP contribution in [0.4, 0.5) is 4.39 Å². The second-order valence-corrected chi connectivity index (χ2v) is 3.83. The third-order valence-electron chi connectivity index (χ3n) is 1.85. The van der Waals surface area contributed by atoms with Crippen molar-refractivity contribution in [3.8, 4) is 0 Å². The van der Waals surface area contributed by atoms with Gasteiger partial charge in [-0.1, -0.05) is 18.2 Å². The van der Waals surface area contributed by atoms with E-state index >= 15 is 0 Å². The van der Waals surface area contributed by atoms with Crippen molar-refractivity contribution in [1.82, 2.24) is 0 Å². The molecule has 0 aliphatic carbocycles. The fourth-order valence-electron chi connectivity index (χ4n) is 1.14. The first-order chi connectivity index (χ1) is 6.05. The number of benzene rings is 1. The van der Waals surface area contributed by atoms with Crippen molar-refractivity contribution in [3.05, 3.63) is 35.6 Å². The largest absolute Gasteiger partial charge is 0.413 e. The lowest BCUT2D eigenvalue weighted by molar-refractivity contribution is 0.123. The lowest BCUT2D eigenvalue weighted by atomic mass is 9.98. The zero-order chi connectivity index (χ0) is 9.90. The van der Waals surface area contributed by atoms with E-state index in [1.54, 1.807) is 12.1 Å². The van der Waals surface area contributed by atoms with Gasteiger partial charge in [0.2, 0.25) is 10.5 Å². The van der Waals surface area contributed by atoms with E-state index in [1.165, 1.54) is 6.07 Å². The minimum atomic E-state index is -0.390. The second-order valence-electron chi connectivity index (χ2n) is 3.63. The molecule has 0 saturated carbocycles. The second kappa shape index (κ2) is 4.02.